The first-order valence-electron chi connectivity index (χ1n) is 8.79. The highest BCUT2D eigenvalue weighted by molar-refractivity contribution is 5.89. The topological polar surface area (TPSA) is 53.6 Å². The second-order valence-electron chi connectivity index (χ2n) is 6.50. The molecule has 2 aromatic carbocycles. The van der Waals surface area contributed by atoms with Crippen molar-refractivity contribution >= 4 is 11.7 Å². The molecule has 1 fully saturated rings. The van der Waals surface area contributed by atoms with Gasteiger partial charge in [0, 0.05) is 26.2 Å². The number of rotatable bonds is 5. The van der Waals surface area contributed by atoms with E-state index in [-0.39, 0.29) is 5.69 Å². The highest BCUT2D eigenvalue weighted by atomic mass is 19.1. The summed E-state index contributed by atoms with van der Waals surface area (Å²) in [4.78, 5) is 14.4. The summed E-state index contributed by atoms with van der Waals surface area (Å²) in [6, 6.07) is 12.3. The maximum atomic E-state index is 13.7. The summed E-state index contributed by atoms with van der Waals surface area (Å²) in [5.74, 6) is -0.446. The summed E-state index contributed by atoms with van der Waals surface area (Å²) in [6.45, 7) is 6.53. The van der Waals surface area contributed by atoms with Gasteiger partial charge in [0.2, 0.25) is 0 Å². The molecule has 2 N–H and O–H groups in total. The van der Waals surface area contributed by atoms with E-state index in [1.165, 1.54) is 11.6 Å². The number of aryl methyl sites for hydroxylation is 1. The minimum atomic E-state index is -0.446. The van der Waals surface area contributed by atoms with E-state index in [0.29, 0.717) is 6.54 Å². The van der Waals surface area contributed by atoms with Crippen molar-refractivity contribution in [1.82, 2.24) is 10.2 Å². The Balaban J connectivity index is 1.53. The molecule has 1 heterocycles. The van der Waals surface area contributed by atoms with Gasteiger partial charge >= 0.3 is 6.03 Å². The number of benzene rings is 2. The number of nitrogens with one attached hydrogen (secondary N) is 2. The molecule has 138 valence electrons. The largest absolute Gasteiger partial charge is 0.379 e. The molecule has 0 atom stereocenters. The number of ether oxygens (including phenoxy) is 1. The zero-order valence-electron chi connectivity index (χ0n) is 14.9. The number of anilines is 1. The number of morpholine rings is 1. The summed E-state index contributed by atoms with van der Waals surface area (Å²) < 4.78 is 19.1. The molecule has 5 nitrogen and oxygen atoms in total. The number of hydrogen-bond donors (Lipinski definition) is 2. The molecule has 0 aromatic heterocycles. The molecule has 6 heteroatoms. The Morgan fingerprint density at radius 2 is 1.92 bits per heavy atom. The maximum absolute atomic E-state index is 13.7. The molecule has 3 rings (SSSR count). The summed E-state index contributed by atoms with van der Waals surface area (Å²) >= 11 is 0. The van der Waals surface area contributed by atoms with E-state index in [1.54, 1.807) is 12.1 Å². The van der Waals surface area contributed by atoms with Gasteiger partial charge in [0.25, 0.3) is 0 Å². The third kappa shape index (κ3) is 5.28. The first-order valence-corrected chi connectivity index (χ1v) is 8.79. The lowest BCUT2D eigenvalue weighted by molar-refractivity contribution is 0.0342. The predicted molar refractivity (Wildman–Crippen MR) is 99.5 cm³/mol. The Bertz CT molecular complexity index is 760. The van der Waals surface area contributed by atoms with Crippen LogP contribution in [-0.4, -0.2) is 37.2 Å². The number of carbonyl (C=O) groups excluding carboxylic acids is 1. The van der Waals surface area contributed by atoms with Crippen LogP contribution in [0.2, 0.25) is 0 Å². The lowest BCUT2D eigenvalue weighted by Crippen LogP contribution is -2.35. The number of nitrogens with zero attached hydrogens (tertiary/aromatic N) is 1. The minimum absolute atomic E-state index is 0.184. The Morgan fingerprint density at radius 3 is 2.73 bits per heavy atom. The average molecular weight is 357 g/mol. The monoisotopic (exact) mass is 357 g/mol. The van der Waals surface area contributed by atoms with Crippen LogP contribution in [0.15, 0.2) is 42.5 Å². The molecule has 26 heavy (non-hydrogen) atoms. The van der Waals surface area contributed by atoms with Crippen LogP contribution in [0.5, 0.6) is 0 Å². The minimum Gasteiger partial charge on any atom is -0.379 e. The van der Waals surface area contributed by atoms with Crippen LogP contribution in [0.1, 0.15) is 16.7 Å². The normalized spacial score (nSPS) is 14.8. The van der Waals surface area contributed by atoms with Crippen molar-refractivity contribution in [1.29, 1.82) is 0 Å². The maximum Gasteiger partial charge on any atom is 0.319 e. The number of urea groups is 1. The highest BCUT2D eigenvalue weighted by Crippen LogP contribution is 2.15. The van der Waals surface area contributed by atoms with Crippen molar-refractivity contribution in [3.8, 4) is 0 Å². The van der Waals surface area contributed by atoms with E-state index in [9.17, 15) is 9.18 Å². The van der Waals surface area contributed by atoms with Gasteiger partial charge in [-0.15, -0.1) is 0 Å². The number of amides is 2. The van der Waals surface area contributed by atoms with Crippen molar-refractivity contribution < 1.29 is 13.9 Å². The van der Waals surface area contributed by atoms with E-state index in [2.05, 4.69) is 27.7 Å². The second-order valence-corrected chi connectivity index (χ2v) is 6.50. The number of halogens is 1. The van der Waals surface area contributed by atoms with Crippen LogP contribution >= 0.6 is 0 Å². The van der Waals surface area contributed by atoms with Crippen LogP contribution in [0, 0.1) is 12.7 Å². The molecule has 0 bridgehead atoms. The quantitative estimate of drug-likeness (QED) is 0.863. The molecule has 0 spiro atoms. The fourth-order valence-electron chi connectivity index (χ4n) is 2.94. The van der Waals surface area contributed by atoms with Crippen molar-refractivity contribution in [3.63, 3.8) is 0 Å². The van der Waals surface area contributed by atoms with Gasteiger partial charge in [-0.1, -0.05) is 30.3 Å². The van der Waals surface area contributed by atoms with Crippen molar-refractivity contribution in [3.05, 3.63) is 65.0 Å². The second kappa shape index (κ2) is 8.78. The summed E-state index contributed by atoms with van der Waals surface area (Å²) in [5.41, 5.74) is 3.29. The molecule has 1 saturated heterocycles. The van der Waals surface area contributed by atoms with Crippen LogP contribution < -0.4 is 10.6 Å². The molecule has 2 aromatic rings. The lowest BCUT2D eigenvalue weighted by atomic mass is 10.1. The third-order valence-corrected chi connectivity index (χ3v) is 4.32. The van der Waals surface area contributed by atoms with Gasteiger partial charge in [0.05, 0.1) is 18.9 Å². The van der Waals surface area contributed by atoms with Gasteiger partial charge in [-0.3, -0.25) is 4.90 Å². The first-order chi connectivity index (χ1) is 12.6. The van der Waals surface area contributed by atoms with Crippen LogP contribution in [0.4, 0.5) is 14.9 Å². The summed E-state index contributed by atoms with van der Waals surface area (Å²) in [6.07, 6.45) is 0. The summed E-state index contributed by atoms with van der Waals surface area (Å²) in [5, 5.41) is 5.33. The Morgan fingerprint density at radius 1 is 1.15 bits per heavy atom. The number of hydrogen-bond acceptors (Lipinski definition) is 3. The molecular weight excluding hydrogens is 333 g/mol. The van der Waals surface area contributed by atoms with Crippen molar-refractivity contribution in [2.45, 2.75) is 20.0 Å². The molecule has 1 aliphatic heterocycles. The fraction of sp³-hybridized carbons (Fsp3) is 0.350. The van der Waals surface area contributed by atoms with E-state index in [4.69, 9.17) is 4.74 Å². The van der Waals surface area contributed by atoms with Crippen molar-refractivity contribution in [2.75, 3.05) is 31.6 Å². The molecule has 0 aliphatic carbocycles. The van der Waals surface area contributed by atoms with Gasteiger partial charge in [0.1, 0.15) is 5.82 Å². The van der Waals surface area contributed by atoms with E-state index in [0.717, 1.165) is 44.0 Å². The predicted octanol–water partition coefficient (Wildman–Crippen LogP) is 3.29. The lowest BCUT2D eigenvalue weighted by Gasteiger charge is -2.26. The Kier molecular flexibility index (Phi) is 6.20. The van der Waals surface area contributed by atoms with Gasteiger partial charge in [0.15, 0.2) is 0 Å². The van der Waals surface area contributed by atoms with Crippen LogP contribution in [0.25, 0.3) is 0 Å². The van der Waals surface area contributed by atoms with Gasteiger partial charge in [-0.05, 0) is 35.7 Å². The summed E-state index contributed by atoms with van der Waals surface area (Å²) in [7, 11) is 0. The average Bonchev–Trinajstić information content (AvgIpc) is 2.64. The van der Waals surface area contributed by atoms with Gasteiger partial charge in [-0.2, -0.15) is 0 Å². The van der Waals surface area contributed by atoms with E-state index >= 15 is 0 Å². The van der Waals surface area contributed by atoms with Crippen LogP contribution in [-0.2, 0) is 17.8 Å². The van der Waals surface area contributed by atoms with E-state index in [1.807, 2.05) is 19.1 Å². The smallest absolute Gasteiger partial charge is 0.319 e. The Labute approximate surface area is 153 Å². The molecule has 2 amide bonds. The standard InChI is InChI=1S/C20H24FN3O2/c1-15-5-6-18(21)19(11-15)23-20(25)22-13-16-3-2-4-17(12-16)14-24-7-9-26-10-8-24/h2-6,11-12H,7-10,13-14H2,1H3,(H2,22,23,25). The number of carbonyl (C=O) groups is 1. The zero-order chi connectivity index (χ0) is 18.4. The van der Waals surface area contributed by atoms with Gasteiger partial charge in [-0.25, -0.2) is 9.18 Å². The molecular formula is C20H24FN3O2. The molecule has 0 saturated carbocycles. The molecule has 0 radical (unpaired) electrons. The third-order valence-electron chi connectivity index (χ3n) is 4.32. The first kappa shape index (κ1) is 18.4. The molecule has 0 unspecified atom stereocenters. The SMILES string of the molecule is Cc1ccc(F)c(NC(=O)NCc2cccc(CN3CCOCC3)c2)c1. The molecule has 1 aliphatic rings. The van der Waals surface area contributed by atoms with Gasteiger partial charge < -0.3 is 15.4 Å². The Hall–Kier alpha value is -2.44. The fourth-order valence-corrected chi connectivity index (χ4v) is 2.94. The van der Waals surface area contributed by atoms with Crippen molar-refractivity contribution in [2.24, 2.45) is 0 Å². The zero-order valence-corrected chi connectivity index (χ0v) is 14.9. The van der Waals surface area contributed by atoms with Crippen LogP contribution in [0.3, 0.4) is 0 Å². The highest BCUT2D eigenvalue weighted by Gasteiger charge is 2.11. The van der Waals surface area contributed by atoms with E-state index < -0.39 is 11.8 Å².